The number of para-hydroxylation sites is 2. The third-order valence-electron chi connectivity index (χ3n) is 4.58. The highest BCUT2D eigenvalue weighted by molar-refractivity contribution is 5.89. The van der Waals surface area contributed by atoms with Crippen molar-refractivity contribution in [2.24, 2.45) is 0 Å². The van der Waals surface area contributed by atoms with E-state index in [-0.39, 0.29) is 5.97 Å². The second-order valence-corrected chi connectivity index (χ2v) is 6.12. The molecule has 0 N–H and O–H groups in total. The Kier molecular flexibility index (Phi) is 5.56. The summed E-state index contributed by atoms with van der Waals surface area (Å²) < 4.78 is 10.2. The molecule has 0 unspecified atom stereocenters. The summed E-state index contributed by atoms with van der Waals surface area (Å²) in [5.74, 6) is 0.631. The molecule has 1 heterocycles. The molecule has 0 spiro atoms. The highest BCUT2D eigenvalue weighted by Crippen LogP contribution is 2.28. The van der Waals surface area contributed by atoms with Crippen molar-refractivity contribution in [3.63, 3.8) is 0 Å². The van der Waals surface area contributed by atoms with Crippen molar-refractivity contribution >= 4 is 11.7 Å². The first-order chi connectivity index (χ1) is 12.2. The lowest BCUT2D eigenvalue weighted by atomic mass is 10.1. The topological polar surface area (TPSA) is 42.0 Å². The molecule has 5 nitrogen and oxygen atoms in total. The van der Waals surface area contributed by atoms with Gasteiger partial charge in [0.1, 0.15) is 5.75 Å². The predicted molar refractivity (Wildman–Crippen MR) is 98.3 cm³/mol. The van der Waals surface area contributed by atoms with Crippen LogP contribution in [0.4, 0.5) is 5.69 Å². The molecule has 2 aromatic rings. The van der Waals surface area contributed by atoms with E-state index in [4.69, 9.17) is 9.47 Å². The van der Waals surface area contributed by atoms with E-state index >= 15 is 0 Å². The fraction of sp³-hybridized carbons (Fsp3) is 0.350. The molecule has 3 rings (SSSR count). The maximum Gasteiger partial charge on any atom is 0.337 e. The van der Waals surface area contributed by atoms with Crippen molar-refractivity contribution in [1.82, 2.24) is 4.90 Å². The maximum absolute atomic E-state index is 11.5. The van der Waals surface area contributed by atoms with Gasteiger partial charge in [-0.25, -0.2) is 4.79 Å². The van der Waals surface area contributed by atoms with Crippen LogP contribution in [0.1, 0.15) is 15.9 Å². The molecule has 132 valence electrons. The Morgan fingerprint density at radius 1 is 0.960 bits per heavy atom. The van der Waals surface area contributed by atoms with Gasteiger partial charge in [-0.1, -0.05) is 24.3 Å². The Morgan fingerprint density at radius 3 is 2.28 bits per heavy atom. The molecule has 0 atom stereocenters. The van der Waals surface area contributed by atoms with E-state index in [2.05, 4.69) is 15.9 Å². The predicted octanol–water partition coefficient (Wildman–Crippen LogP) is 2.80. The summed E-state index contributed by atoms with van der Waals surface area (Å²) in [7, 11) is 3.12. The van der Waals surface area contributed by atoms with Crippen LogP contribution >= 0.6 is 0 Å². The number of carbonyl (C=O) groups excluding carboxylic acids is 1. The maximum atomic E-state index is 11.5. The zero-order chi connectivity index (χ0) is 17.6. The summed E-state index contributed by atoms with van der Waals surface area (Å²) in [4.78, 5) is 16.3. The molecular formula is C20H24N2O3. The molecule has 2 aromatic carbocycles. The minimum absolute atomic E-state index is 0.294. The third kappa shape index (κ3) is 4.12. The summed E-state index contributed by atoms with van der Waals surface area (Å²) in [5.41, 5.74) is 2.96. The molecule has 1 aliphatic heterocycles. The van der Waals surface area contributed by atoms with Crippen LogP contribution in [-0.4, -0.2) is 51.3 Å². The van der Waals surface area contributed by atoms with Crippen LogP contribution in [-0.2, 0) is 11.3 Å². The van der Waals surface area contributed by atoms with Gasteiger partial charge < -0.3 is 14.4 Å². The Hall–Kier alpha value is -2.53. The van der Waals surface area contributed by atoms with Crippen LogP contribution in [0.3, 0.4) is 0 Å². The van der Waals surface area contributed by atoms with Crippen molar-refractivity contribution in [2.45, 2.75) is 6.54 Å². The van der Waals surface area contributed by atoms with Crippen LogP contribution < -0.4 is 9.64 Å². The third-order valence-corrected chi connectivity index (χ3v) is 4.58. The van der Waals surface area contributed by atoms with E-state index in [0.717, 1.165) is 44.2 Å². The smallest absolute Gasteiger partial charge is 0.337 e. The molecule has 25 heavy (non-hydrogen) atoms. The molecule has 0 aromatic heterocycles. The van der Waals surface area contributed by atoms with Crippen LogP contribution in [0.25, 0.3) is 0 Å². The zero-order valence-corrected chi connectivity index (χ0v) is 14.8. The molecule has 0 amide bonds. The average Bonchev–Trinajstić information content (AvgIpc) is 2.68. The number of benzene rings is 2. The van der Waals surface area contributed by atoms with Gasteiger partial charge in [-0.15, -0.1) is 0 Å². The lowest BCUT2D eigenvalue weighted by Gasteiger charge is -2.36. The summed E-state index contributed by atoms with van der Waals surface area (Å²) in [6.45, 7) is 4.83. The van der Waals surface area contributed by atoms with Gasteiger partial charge in [0.25, 0.3) is 0 Å². The number of methoxy groups -OCH3 is 2. The van der Waals surface area contributed by atoms with Gasteiger partial charge in [0.05, 0.1) is 25.5 Å². The van der Waals surface area contributed by atoms with Gasteiger partial charge in [0.15, 0.2) is 0 Å². The summed E-state index contributed by atoms with van der Waals surface area (Å²) >= 11 is 0. The number of esters is 1. The lowest BCUT2D eigenvalue weighted by Crippen LogP contribution is -2.46. The molecule has 5 heteroatoms. The van der Waals surface area contributed by atoms with Crippen LogP contribution in [0.5, 0.6) is 5.75 Å². The van der Waals surface area contributed by atoms with Gasteiger partial charge >= 0.3 is 5.97 Å². The molecule has 0 aliphatic carbocycles. The van der Waals surface area contributed by atoms with Gasteiger partial charge in [-0.05, 0) is 29.8 Å². The summed E-state index contributed by atoms with van der Waals surface area (Å²) in [5, 5.41) is 0. The normalized spacial score (nSPS) is 15.0. The zero-order valence-electron chi connectivity index (χ0n) is 14.8. The quantitative estimate of drug-likeness (QED) is 0.783. The van der Waals surface area contributed by atoms with Gasteiger partial charge in [0, 0.05) is 32.7 Å². The SMILES string of the molecule is COC(=O)c1ccc(CN2CCN(c3ccccc3OC)CC2)cc1. The fourth-order valence-electron chi connectivity index (χ4n) is 3.16. The molecule has 1 fully saturated rings. The number of anilines is 1. The number of hydrogen-bond acceptors (Lipinski definition) is 5. The Labute approximate surface area is 148 Å². The van der Waals surface area contributed by atoms with Gasteiger partial charge in [0.2, 0.25) is 0 Å². The van der Waals surface area contributed by atoms with Crippen LogP contribution in [0.2, 0.25) is 0 Å². The van der Waals surface area contributed by atoms with Crippen molar-refractivity contribution in [1.29, 1.82) is 0 Å². The highest BCUT2D eigenvalue weighted by Gasteiger charge is 2.19. The Balaban J connectivity index is 1.56. The molecule has 1 saturated heterocycles. The van der Waals surface area contributed by atoms with E-state index in [1.807, 2.05) is 42.5 Å². The van der Waals surface area contributed by atoms with E-state index in [9.17, 15) is 4.79 Å². The molecule has 1 aliphatic rings. The largest absolute Gasteiger partial charge is 0.495 e. The molecule has 0 saturated carbocycles. The molecule has 0 bridgehead atoms. The second kappa shape index (κ2) is 8.03. The van der Waals surface area contributed by atoms with Crippen LogP contribution in [0.15, 0.2) is 48.5 Å². The average molecular weight is 340 g/mol. The van der Waals surface area contributed by atoms with Crippen molar-refractivity contribution in [3.8, 4) is 5.75 Å². The van der Waals surface area contributed by atoms with Crippen molar-refractivity contribution in [2.75, 3.05) is 45.3 Å². The molecule has 0 radical (unpaired) electrons. The van der Waals surface area contributed by atoms with Gasteiger partial charge in [-0.3, -0.25) is 4.90 Å². The summed E-state index contributed by atoms with van der Waals surface area (Å²) in [6.07, 6.45) is 0. The number of nitrogens with zero attached hydrogens (tertiary/aromatic N) is 2. The van der Waals surface area contributed by atoms with E-state index < -0.39 is 0 Å². The van der Waals surface area contributed by atoms with Crippen molar-refractivity contribution < 1.29 is 14.3 Å². The Morgan fingerprint density at radius 2 is 1.64 bits per heavy atom. The minimum Gasteiger partial charge on any atom is -0.495 e. The first-order valence-corrected chi connectivity index (χ1v) is 8.49. The van der Waals surface area contributed by atoms with Crippen LogP contribution in [0, 0.1) is 0 Å². The summed E-state index contributed by atoms with van der Waals surface area (Å²) in [6, 6.07) is 15.8. The van der Waals surface area contributed by atoms with E-state index in [1.165, 1.54) is 12.7 Å². The van der Waals surface area contributed by atoms with Gasteiger partial charge in [-0.2, -0.15) is 0 Å². The number of rotatable bonds is 5. The first kappa shape index (κ1) is 17.3. The van der Waals surface area contributed by atoms with E-state index in [1.54, 1.807) is 7.11 Å². The van der Waals surface area contributed by atoms with Crippen molar-refractivity contribution in [3.05, 3.63) is 59.7 Å². The number of carbonyl (C=O) groups is 1. The number of hydrogen-bond donors (Lipinski definition) is 0. The lowest BCUT2D eigenvalue weighted by molar-refractivity contribution is 0.0600. The fourth-order valence-corrected chi connectivity index (χ4v) is 3.16. The number of ether oxygens (including phenoxy) is 2. The highest BCUT2D eigenvalue weighted by atomic mass is 16.5. The monoisotopic (exact) mass is 340 g/mol. The minimum atomic E-state index is -0.294. The Bertz CT molecular complexity index is 707. The molecular weight excluding hydrogens is 316 g/mol. The first-order valence-electron chi connectivity index (χ1n) is 8.49. The van der Waals surface area contributed by atoms with E-state index in [0.29, 0.717) is 5.56 Å². The standard InChI is InChI=1S/C20H24N2O3/c1-24-19-6-4-3-5-18(19)22-13-11-21(12-14-22)15-16-7-9-17(10-8-16)20(23)25-2/h3-10H,11-15H2,1-2H3. The number of piperazine rings is 1. The second-order valence-electron chi connectivity index (χ2n) is 6.12.